The van der Waals surface area contributed by atoms with Gasteiger partial charge in [0.25, 0.3) is 17.7 Å². The van der Waals surface area contributed by atoms with Crippen LogP contribution in [0.25, 0.3) is 0 Å². The highest BCUT2D eigenvalue weighted by Gasteiger charge is 2.37. The van der Waals surface area contributed by atoms with Crippen LogP contribution in [0, 0.1) is 21.4 Å². The molecule has 0 aromatic heterocycles. The van der Waals surface area contributed by atoms with Crippen LogP contribution < -0.4 is 21.3 Å². The number of carbonyl (C=O) groups excluding carboxylic acids is 6. The van der Waals surface area contributed by atoms with Gasteiger partial charge in [0.05, 0.1) is 96.7 Å². The molecule has 2 rings (SSSR count). The Morgan fingerprint density at radius 1 is 0.607 bits per heavy atom. The molecule has 0 aliphatic carbocycles. The molecule has 0 saturated carbocycles. The van der Waals surface area contributed by atoms with Gasteiger partial charge in [0.1, 0.15) is 0 Å². The number of nitrogens with two attached hydrogens (primary N) is 1. The molecule has 2 aromatic carbocycles. The number of benzene rings is 2. The number of aliphatic hydroxyl groups is 8. The average Bonchev–Trinajstić information content (AvgIpc) is 3.20. The first-order chi connectivity index (χ1) is 28.6. The van der Waals surface area contributed by atoms with Gasteiger partial charge in [-0.3, -0.25) is 28.8 Å². The van der Waals surface area contributed by atoms with Crippen molar-refractivity contribution in [1.29, 1.82) is 0 Å². The summed E-state index contributed by atoms with van der Waals surface area (Å²) < 4.78 is 0.692. The second-order valence-corrected chi connectivity index (χ2v) is 19.0. The molecular weight excluding hydrogens is 1490 g/mol. The lowest BCUT2D eigenvalue weighted by Gasteiger charge is -2.31. The number of carbonyl (C=O) groups is 6. The van der Waals surface area contributed by atoms with Gasteiger partial charge in [0.2, 0.25) is 11.8 Å². The first-order valence-electron chi connectivity index (χ1n) is 17.7. The third kappa shape index (κ3) is 15.5. The van der Waals surface area contributed by atoms with Gasteiger partial charge in [0, 0.05) is 62.8 Å². The summed E-state index contributed by atoms with van der Waals surface area (Å²) in [6.07, 6.45) is -4.15. The third-order valence-corrected chi connectivity index (χ3v) is 14.5. The Morgan fingerprint density at radius 2 is 1.02 bits per heavy atom. The van der Waals surface area contributed by atoms with E-state index in [0.717, 1.165) is 21.6 Å². The summed E-state index contributed by atoms with van der Waals surface area (Å²) in [4.78, 5) is 86.0. The predicted molar refractivity (Wildman–Crippen MR) is 274 cm³/mol. The number of aliphatic hydroxyl groups excluding tert-OH is 8. The number of hydrogen-bond donors (Lipinski definition) is 11. The molecule has 0 heterocycles. The Labute approximate surface area is 433 Å². The van der Waals surface area contributed by atoms with Crippen LogP contribution in [-0.2, 0) is 9.59 Å². The Bertz CT molecular complexity index is 1870. The third-order valence-electron chi connectivity index (χ3n) is 8.10. The topological polar surface area (TPSA) is 324 Å². The maximum atomic E-state index is 14.6. The maximum absolute atomic E-state index is 14.6. The number of anilines is 2. The van der Waals surface area contributed by atoms with Crippen molar-refractivity contribution in [1.82, 2.24) is 15.1 Å². The number of ketones is 1. The highest BCUT2D eigenvalue weighted by molar-refractivity contribution is 14.1. The van der Waals surface area contributed by atoms with Gasteiger partial charge in [-0.25, -0.2) is 0 Å². The van der Waals surface area contributed by atoms with Crippen molar-refractivity contribution < 1.29 is 69.6 Å². The lowest BCUT2D eigenvalue weighted by molar-refractivity contribution is -0.116. The van der Waals surface area contributed by atoms with E-state index in [4.69, 9.17) is 0 Å². The zero-order valence-electron chi connectivity index (χ0n) is 32.7. The summed E-state index contributed by atoms with van der Waals surface area (Å²) in [6.45, 7) is -3.54. The van der Waals surface area contributed by atoms with Crippen molar-refractivity contribution in [3.8, 4) is 0 Å². The van der Waals surface area contributed by atoms with Gasteiger partial charge in [-0.15, -0.1) is 0 Å². The molecule has 342 valence electrons. The number of halogens is 6. The quantitative estimate of drug-likeness (QED) is 0.0567. The molecule has 0 saturated heterocycles. The van der Waals surface area contributed by atoms with Crippen molar-refractivity contribution >= 4 is 182 Å². The molecule has 5 amide bonds. The first-order valence-corrected chi connectivity index (χ1v) is 24.1. The molecule has 0 radical (unpaired) electrons. The molecule has 12 N–H and O–H groups in total. The van der Waals surface area contributed by atoms with Gasteiger partial charge < -0.3 is 71.9 Å². The van der Waals surface area contributed by atoms with Crippen LogP contribution in [-0.4, -0.2) is 184 Å². The molecule has 0 aliphatic rings. The van der Waals surface area contributed by atoms with Gasteiger partial charge >= 0.3 is 0 Å². The second kappa shape index (κ2) is 28.5. The summed E-state index contributed by atoms with van der Waals surface area (Å²) in [5.74, 6) is -4.46. The van der Waals surface area contributed by atoms with Crippen LogP contribution in [0.15, 0.2) is 0 Å². The lowest BCUT2D eigenvalue weighted by Crippen LogP contribution is -2.44. The van der Waals surface area contributed by atoms with Crippen LogP contribution in [0.2, 0.25) is 0 Å². The number of nitrogens with zero attached hydrogens (tertiary/aromatic N) is 3. The van der Waals surface area contributed by atoms with Gasteiger partial charge in [-0.05, 0) is 143 Å². The van der Waals surface area contributed by atoms with Crippen molar-refractivity contribution in [3.63, 3.8) is 0 Å². The number of rotatable bonds is 21. The fourth-order valence-corrected chi connectivity index (χ4v) is 14.5. The van der Waals surface area contributed by atoms with E-state index in [0.29, 0.717) is 0 Å². The fraction of sp³-hybridized carbons (Fsp3) is 0.486. The van der Waals surface area contributed by atoms with Crippen LogP contribution in [0.4, 0.5) is 11.4 Å². The smallest absolute Gasteiger partial charge is 0.256 e. The largest absolute Gasteiger partial charge is 0.395 e. The Kier molecular flexibility index (Phi) is 27.3. The zero-order valence-corrected chi connectivity index (χ0v) is 45.7. The first kappa shape index (κ1) is 58.5. The van der Waals surface area contributed by atoms with Crippen molar-refractivity contribution in [2.45, 2.75) is 32.2 Å². The summed E-state index contributed by atoms with van der Waals surface area (Å²) >= 11 is 10.7. The minimum absolute atomic E-state index is 0.0245. The van der Waals surface area contributed by atoms with Crippen LogP contribution in [0.1, 0.15) is 55.3 Å². The summed E-state index contributed by atoms with van der Waals surface area (Å²) in [6, 6.07) is 0. The molecule has 3 unspecified atom stereocenters. The lowest BCUT2D eigenvalue weighted by atomic mass is 10.0. The molecule has 0 spiro atoms. The minimum Gasteiger partial charge on any atom is -0.395 e. The molecule has 2 aromatic rings. The van der Waals surface area contributed by atoms with Gasteiger partial charge in [0.15, 0.2) is 5.78 Å². The van der Waals surface area contributed by atoms with Gasteiger partial charge in [-0.1, -0.05) is 0 Å². The SMILES string of the molecule is CC(=O)Nc1c(I)c(C(=O)CN(C(C)=O)c2c(I)c(C(=O)N(CCO)CC(O)CO)c(I)c(C(=O)N(CCO)CC(O)CO)c2I)c(I)c(C(=O)NCC(O)CO)c1I.CN. The van der Waals surface area contributed by atoms with Crippen LogP contribution in [0.5, 0.6) is 0 Å². The Morgan fingerprint density at radius 3 is 1.39 bits per heavy atom. The number of hydrogen-bond acceptors (Lipinski definition) is 15. The highest BCUT2D eigenvalue weighted by Crippen LogP contribution is 2.41. The Balaban J connectivity index is 0.00000916. The van der Waals surface area contributed by atoms with E-state index < -0.39 is 106 Å². The van der Waals surface area contributed by atoms with Crippen molar-refractivity contribution in [2.24, 2.45) is 5.73 Å². The standard InChI is InChI=1S/C34H41I6N5O14.CH5N/c1-14(51)42-30-26(37)20(24(35)21(27(30)38)32(57)41-7-16(53)11-48)19(56)10-45(15(2)52)31-28(39)22(33(58)43(3-5-46)8-17(54)12-49)25(36)23(29(31)40)34(59)44(4-6-47)9-18(55)13-50;1-2/h16-18,46-50,53-55H,3-13H2,1-2H3,(H,41,57)(H,42,51);2H2,1H3. The minimum atomic E-state index is -1.43. The molecule has 0 aliphatic heterocycles. The number of amides is 5. The molecule has 3 atom stereocenters. The van der Waals surface area contributed by atoms with E-state index in [1.54, 1.807) is 90.4 Å². The second-order valence-electron chi connectivity index (χ2n) is 12.5. The fourth-order valence-electron chi connectivity index (χ4n) is 5.32. The molecule has 20 nitrogen and oxygen atoms in total. The van der Waals surface area contributed by atoms with E-state index in [9.17, 15) is 69.6 Å². The normalized spacial score (nSPS) is 12.4. The molecular formula is C35H46I6N6O14. The molecule has 26 heteroatoms. The number of nitrogens with one attached hydrogen (secondary N) is 2. The van der Waals surface area contributed by atoms with E-state index in [-0.39, 0.29) is 74.7 Å². The summed E-state index contributed by atoms with van der Waals surface area (Å²) in [5.41, 5.74) is 3.99. The van der Waals surface area contributed by atoms with Gasteiger partial charge in [-0.2, -0.15) is 0 Å². The zero-order chi connectivity index (χ0) is 47.0. The molecule has 0 fully saturated rings. The predicted octanol–water partition coefficient (Wildman–Crippen LogP) is -0.258. The Hall–Kier alpha value is -0.520. The summed E-state index contributed by atoms with van der Waals surface area (Å²) in [7, 11) is 1.50. The van der Waals surface area contributed by atoms with Crippen molar-refractivity contribution in [3.05, 3.63) is 43.7 Å². The van der Waals surface area contributed by atoms with E-state index >= 15 is 0 Å². The van der Waals surface area contributed by atoms with E-state index in [2.05, 4.69) is 16.4 Å². The number of Topliss-reactive ketones (excluding diaryl/α,β-unsaturated/α-hetero) is 1. The van der Waals surface area contributed by atoms with E-state index in [1.807, 2.05) is 45.2 Å². The molecule has 0 bridgehead atoms. The monoisotopic (exact) mass is 1540 g/mol. The van der Waals surface area contributed by atoms with Crippen LogP contribution >= 0.6 is 136 Å². The maximum Gasteiger partial charge on any atom is 0.256 e. The molecule has 61 heavy (non-hydrogen) atoms. The van der Waals surface area contributed by atoms with E-state index in [1.165, 1.54) is 14.0 Å². The highest BCUT2D eigenvalue weighted by atomic mass is 127. The summed E-state index contributed by atoms with van der Waals surface area (Å²) in [5, 5.41) is 83.5. The van der Waals surface area contributed by atoms with Crippen LogP contribution in [0.3, 0.4) is 0 Å². The average molecular weight is 1540 g/mol. The van der Waals surface area contributed by atoms with Crippen molar-refractivity contribution in [2.75, 3.05) is 89.6 Å².